The molecule has 0 radical (unpaired) electrons. The smallest absolute Gasteiger partial charge is 0.282 e. The largest absolute Gasteiger partial charge is 0.497 e. The number of hydrogen-bond acceptors (Lipinski definition) is 6. The first-order valence-corrected chi connectivity index (χ1v) is 10.5. The van der Waals surface area contributed by atoms with Crippen LogP contribution in [0.4, 0.5) is 17.1 Å². The molecule has 0 aromatic heterocycles. The molecule has 3 aromatic carbocycles. The fourth-order valence-electron chi connectivity index (χ4n) is 3.69. The lowest BCUT2D eigenvalue weighted by atomic mass is 10.0. The van der Waals surface area contributed by atoms with Gasteiger partial charge in [-0.3, -0.25) is 14.4 Å². The van der Waals surface area contributed by atoms with Crippen molar-refractivity contribution in [2.45, 2.75) is 6.92 Å². The molecule has 0 saturated carbocycles. The van der Waals surface area contributed by atoms with Crippen molar-refractivity contribution in [3.63, 3.8) is 0 Å². The first-order valence-electron chi connectivity index (χ1n) is 10.5. The predicted octanol–water partition coefficient (Wildman–Crippen LogP) is 4.06. The number of methoxy groups -OCH3 is 2. The van der Waals surface area contributed by atoms with Crippen LogP contribution in [0.5, 0.6) is 11.5 Å². The van der Waals surface area contributed by atoms with Gasteiger partial charge in [0.05, 0.1) is 31.2 Å². The van der Waals surface area contributed by atoms with Crippen molar-refractivity contribution >= 4 is 40.4 Å². The number of benzene rings is 3. The molecular formula is C26H23N3O5. The Morgan fingerprint density at radius 1 is 0.853 bits per heavy atom. The Morgan fingerprint density at radius 2 is 1.56 bits per heavy atom. The summed E-state index contributed by atoms with van der Waals surface area (Å²) in [5.41, 5.74) is 2.34. The highest BCUT2D eigenvalue weighted by Gasteiger charge is 2.40. The Bertz CT molecular complexity index is 1280. The van der Waals surface area contributed by atoms with Crippen LogP contribution < -0.4 is 25.0 Å². The second-order valence-electron chi connectivity index (χ2n) is 7.48. The molecular weight excluding hydrogens is 434 g/mol. The van der Waals surface area contributed by atoms with Gasteiger partial charge in [0, 0.05) is 18.7 Å². The van der Waals surface area contributed by atoms with Crippen molar-refractivity contribution < 1.29 is 23.9 Å². The zero-order valence-electron chi connectivity index (χ0n) is 18.9. The average molecular weight is 457 g/mol. The Labute approximate surface area is 196 Å². The van der Waals surface area contributed by atoms with Gasteiger partial charge in [0.25, 0.3) is 11.8 Å². The minimum Gasteiger partial charge on any atom is -0.497 e. The lowest BCUT2D eigenvalue weighted by molar-refractivity contribution is -0.120. The van der Waals surface area contributed by atoms with E-state index in [0.717, 1.165) is 4.90 Å². The first kappa shape index (κ1) is 22.6. The number of carbonyl (C=O) groups excluding carboxylic acids is 3. The number of nitrogens with zero attached hydrogens (tertiary/aromatic N) is 1. The van der Waals surface area contributed by atoms with E-state index in [1.807, 2.05) is 6.07 Å². The maximum Gasteiger partial charge on any atom is 0.282 e. The van der Waals surface area contributed by atoms with E-state index >= 15 is 0 Å². The molecule has 1 aliphatic rings. The molecule has 3 amide bonds. The van der Waals surface area contributed by atoms with Gasteiger partial charge in [-0.15, -0.1) is 0 Å². The van der Waals surface area contributed by atoms with E-state index in [-0.39, 0.29) is 17.2 Å². The van der Waals surface area contributed by atoms with Gasteiger partial charge in [0.15, 0.2) is 0 Å². The van der Waals surface area contributed by atoms with E-state index in [4.69, 9.17) is 9.47 Å². The minimum atomic E-state index is -0.498. The van der Waals surface area contributed by atoms with Gasteiger partial charge in [-0.25, -0.2) is 4.90 Å². The van der Waals surface area contributed by atoms with Crippen LogP contribution in [-0.4, -0.2) is 31.9 Å². The molecule has 0 unspecified atom stereocenters. The number of hydrogen-bond donors (Lipinski definition) is 2. The second-order valence-corrected chi connectivity index (χ2v) is 7.48. The van der Waals surface area contributed by atoms with Crippen LogP contribution in [0.1, 0.15) is 12.5 Å². The second kappa shape index (κ2) is 9.50. The number of para-hydroxylation sites is 1. The molecule has 3 aromatic rings. The normalized spacial score (nSPS) is 13.2. The summed E-state index contributed by atoms with van der Waals surface area (Å²) in [4.78, 5) is 39.6. The number of anilines is 3. The van der Waals surface area contributed by atoms with Gasteiger partial charge in [0.1, 0.15) is 17.2 Å². The number of nitrogens with one attached hydrogen (secondary N) is 2. The summed E-state index contributed by atoms with van der Waals surface area (Å²) in [5, 5.41) is 5.80. The summed E-state index contributed by atoms with van der Waals surface area (Å²) < 4.78 is 10.7. The maximum atomic E-state index is 13.5. The van der Waals surface area contributed by atoms with E-state index in [9.17, 15) is 14.4 Å². The lowest BCUT2D eigenvalue weighted by Gasteiger charge is -2.16. The molecule has 1 heterocycles. The minimum absolute atomic E-state index is 0.104. The molecule has 1 aliphatic heterocycles. The van der Waals surface area contributed by atoms with Crippen LogP contribution >= 0.6 is 0 Å². The number of amides is 3. The quantitative estimate of drug-likeness (QED) is 0.520. The van der Waals surface area contributed by atoms with E-state index in [2.05, 4.69) is 10.6 Å². The summed E-state index contributed by atoms with van der Waals surface area (Å²) in [6.07, 6.45) is 0. The standard InChI is InChI=1S/C26H23N3O5/c1-16(30)27-18-11-9-17(10-12-18)23-24(28-21-15-20(33-2)13-14-22(21)34-3)26(32)29(25(23)31)19-7-5-4-6-8-19/h4-15,28H,1-3H3,(H,27,30). The topological polar surface area (TPSA) is 97.0 Å². The Balaban J connectivity index is 1.82. The highest BCUT2D eigenvalue weighted by molar-refractivity contribution is 6.46. The van der Waals surface area contributed by atoms with Gasteiger partial charge < -0.3 is 20.1 Å². The average Bonchev–Trinajstić information content (AvgIpc) is 3.08. The van der Waals surface area contributed by atoms with Gasteiger partial charge in [0.2, 0.25) is 5.91 Å². The maximum absolute atomic E-state index is 13.5. The van der Waals surface area contributed by atoms with Crippen LogP contribution in [0.3, 0.4) is 0 Å². The summed E-state index contributed by atoms with van der Waals surface area (Å²) in [6.45, 7) is 1.41. The third-order valence-electron chi connectivity index (χ3n) is 5.26. The Morgan fingerprint density at radius 3 is 2.18 bits per heavy atom. The molecule has 8 nitrogen and oxygen atoms in total. The number of rotatable bonds is 7. The van der Waals surface area contributed by atoms with E-state index in [0.29, 0.717) is 34.1 Å². The molecule has 0 aliphatic carbocycles. The highest BCUT2D eigenvalue weighted by Crippen LogP contribution is 2.37. The molecule has 34 heavy (non-hydrogen) atoms. The monoisotopic (exact) mass is 457 g/mol. The molecule has 8 heteroatoms. The van der Waals surface area contributed by atoms with Crippen molar-refractivity contribution in [2.24, 2.45) is 0 Å². The van der Waals surface area contributed by atoms with Crippen molar-refractivity contribution in [1.29, 1.82) is 0 Å². The molecule has 4 rings (SSSR count). The summed E-state index contributed by atoms with van der Waals surface area (Å²) in [7, 11) is 3.05. The van der Waals surface area contributed by atoms with Crippen molar-refractivity contribution in [1.82, 2.24) is 0 Å². The highest BCUT2D eigenvalue weighted by atomic mass is 16.5. The van der Waals surface area contributed by atoms with E-state index < -0.39 is 11.8 Å². The van der Waals surface area contributed by atoms with Crippen LogP contribution in [0, 0.1) is 0 Å². The summed E-state index contributed by atoms with van der Waals surface area (Å²) in [6, 6.07) is 20.6. The molecule has 0 atom stereocenters. The van der Waals surface area contributed by atoms with Gasteiger partial charge in [-0.05, 0) is 42.0 Å². The van der Waals surface area contributed by atoms with Crippen LogP contribution in [-0.2, 0) is 14.4 Å². The van der Waals surface area contributed by atoms with Crippen molar-refractivity contribution in [2.75, 3.05) is 29.8 Å². The molecule has 0 fully saturated rings. The van der Waals surface area contributed by atoms with Gasteiger partial charge >= 0.3 is 0 Å². The zero-order valence-corrected chi connectivity index (χ0v) is 18.9. The molecule has 0 bridgehead atoms. The van der Waals surface area contributed by atoms with E-state index in [1.54, 1.807) is 66.7 Å². The number of carbonyl (C=O) groups is 3. The SMILES string of the molecule is COc1ccc(OC)c(NC2=C(c3ccc(NC(C)=O)cc3)C(=O)N(c3ccccc3)C2=O)c1. The zero-order chi connectivity index (χ0) is 24.2. The number of imide groups is 1. The third kappa shape index (κ3) is 4.33. The van der Waals surface area contributed by atoms with Crippen LogP contribution in [0.15, 0.2) is 78.5 Å². The Kier molecular flexibility index (Phi) is 6.31. The number of ether oxygens (including phenoxy) is 2. The lowest BCUT2D eigenvalue weighted by Crippen LogP contribution is -2.32. The predicted molar refractivity (Wildman–Crippen MR) is 130 cm³/mol. The molecule has 0 spiro atoms. The van der Waals surface area contributed by atoms with E-state index in [1.165, 1.54) is 21.1 Å². The third-order valence-corrected chi connectivity index (χ3v) is 5.26. The van der Waals surface area contributed by atoms with Gasteiger partial charge in [-0.2, -0.15) is 0 Å². The van der Waals surface area contributed by atoms with Crippen LogP contribution in [0.25, 0.3) is 5.57 Å². The van der Waals surface area contributed by atoms with Gasteiger partial charge in [-0.1, -0.05) is 30.3 Å². The first-order chi connectivity index (χ1) is 16.4. The Hall–Kier alpha value is -4.59. The van der Waals surface area contributed by atoms with Crippen molar-refractivity contribution in [3.05, 3.63) is 84.1 Å². The molecule has 2 N–H and O–H groups in total. The van der Waals surface area contributed by atoms with Crippen molar-refractivity contribution in [3.8, 4) is 11.5 Å². The van der Waals surface area contributed by atoms with Crippen LogP contribution in [0.2, 0.25) is 0 Å². The summed E-state index contributed by atoms with van der Waals surface area (Å²) in [5.74, 6) is -0.134. The molecule has 172 valence electrons. The summed E-state index contributed by atoms with van der Waals surface area (Å²) >= 11 is 0. The fraction of sp³-hybridized carbons (Fsp3) is 0.115. The fourth-order valence-corrected chi connectivity index (χ4v) is 3.69. The molecule has 0 saturated heterocycles.